The van der Waals surface area contributed by atoms with Crippen LogP contribution in [0, 0.1) is 0 Å². The molecule has 11 heteroatoms. The number of H-pyrrole nitrogens is 1. The smallest absolute Gasteiger partial charge is 0.272 e. The summed E-state index contributed by atoms with van der Waals surface area (Å²) in [5, 5.41) is 17.9. The van der Waals surface area contributed by atoms with Crippen molar-refractivity contribution < 1.29 is 13.2 Å². The van der Waals surface area contributed by atoms with Crippen LogP contribution in [0.5, 0.6) is 0 Å². The molecule has 0 radical (unpaired) electrons. The van der Waals surface area contributed by atoms with E-state index in [4.69, 9.17) is 0 Å². The number of hydrogen-bond acceptors (Lipinski definition) is 7. The number of aryl methyl sites for hydroxylation is 1. The molecule has 4 aromatic rings. The first-order chi connectivity index (χ1) is 13.8. The molecule has 0 spiro atoms. The number of nitrogens with zero attached hydrogens (tertiary/aromatic N) is 4. The molecular formula is C18H19N7O3S. The van der Waals surface area contributed by atoms with Gasteiger partial charge in [0.1, 0.15) is 15.4 Å². The zero-order chi connectivity index (χ0) is 20.6. The van der Waals surface area contributed by atoms with Gasteiger partial charge in [-0.2, -0.15) is 10.2 Å². The van der Waals surface area contributed by atoms with Crippen molar-refractivity contribution in [3.63, 3.8) is 0 Å². The van der Waals surface area contributed by atoms with E-state index in [9.17, 15) is 13.2 Å². The van der Waals surface area contributed by atoms with Gasteiger partial charge in [0, 0.05) is 37.1 Å². The fourth-order valence-corrected chi connectivity index (χ4v) is 3.49. The Labute approximate surface area is 166 Å². The van der Waals surface area contributed by atoms with E-state index in [0.29, 0.717) is 11.2 Å². The van der Waals surface area contributed by atoms with Crippen LogP contribution in [-0.4, -0.2) is 57.8 Å². The third-order valence-corrected chi connectivity index (χ3v) is 5.35. The SMILES string of the molecule is Cn1nc(C(=O)NCCS(C)(=O)=O)c2ccc(Nc3n[nH]c4cccnc34)cc21. The topological polar surface area (TPSA) is 135 Å². The summed E-state index contributed by atoms with van der Waals surface area (Å²) in [6.07, 6.45) is 2.82. The Hall–Kier alpha value is -3.47. The Morgan fingerprint density at radius 2 is 2.10 bits per heavy atom. The van der Waals surface area contributed by atoms with E-state index in [2.05, 4.69) is 30.9 Å². The first-order valence-corrected chi connectivity index (χ1v) is 10.9. The average Bonchev–Trinajstić information content (AvgIpc) is 3.22. The minimum absolute atomic E-state index is 0.0363. The molecular weight excluding hydrogens is 394 g/mol. The van der Waals surface area contributed by atoms with Gasteiger partial charge in [-0.05, 0) is 30.3 Å². The number of rotatable bonds is 6. The third-order valence-electron chi connectivity index (χ3n) is 4.41. The van der Waals surface area contributed by atoms with Crippen LogP contribution >= 0.6 is 0 Å². The Morgan fingerprint density at radius 1 is 1.28 bits per heavy atom. The van der Waals surface area contributed by atoms with Crippen LogP contribution in [0.4, 0.5) is 11.5 Å². The quantitative estimate of drug-likeness (QED) is 0.434. The summed E-state index contributed by atoms with van der Waals surface area (Å²) in [5.41, 5.74) is 3.31. The molecule has 0 atom stereocenters. The molecule has 0 saturated heterocycles. The number of sulfone groups is 1. The molecule has 0 aliphatic rings. The summed E-state index contributed by atoms with van der Waals surface area (Å²) >= 11 is 0. The zero-order valence-corrected chi connectivity index (χ0v) is 16.6. The molecule has 3 N–H and O–H groups in total. The van der Waals surface area contributed by atoms with E-state index < -0.39 is 15.7 Å². The van der Waals surface area contributed by atoms with Crippen molar-refractivity contribution in [1.29, 1.82) is 0 Å². The minimum atomic E-state index is -3.15. The second kappa shape index (κ2) is 7.17. The molecule has 4 rings (SSSR count). The molecule has 29 heavy (non-hydrogen) atoms. The van der Waals surface area contributed by atoms with Crippen LogP contribution in [0.3, 0.4) is 0 Å². The molecule has 0 fully saturated rings. The van der Waals surface area contributed by atoms with Gasteiger partial charge < -0.3 is 10.6 Å². The van der Waals surface area contributed by atoms with E-state index in [1.165, 1.54) is 0 Å². The predicted octanol–water partition coefficient (Wildman–Crippen LogP) is 1.36. The molecule has 0 unspecified atom stereocenters. The number of carbonyl (C=O) groups excluding carboxylic acids is 1. The van der Waals surface area contributed by atoms with Crippen molar-refractivity contribution in [2.45, 2.75) is 0 Å². The monoisotopic (exact) mass is 413 g/mol. The van der Waals surface area contributed by atoms with Crippen molar-refractivity contribution >= 4 is 49.2 Å². The lowest BCUT2D eigenvalue weighted by Gasteiger charge is -2.05. The number of nitrogens with one attached hydrogen (secondary N) is 3. The van der Waals surface area contributed by atoms with Gasteiger partial charge >= 0.3 is 0 Å². The predicted molar refractivity (Wildman–Crippen MR) is 110 cm³/mol. The molecule has 0 saturated carbocycles. The standard InChI is InChI=1S/C18H19N7O3S/c1-25-14-10-11(21-17-16-13(22-23-17)4-3-7-19-16)5-6-12(14)15(24-25)18(26)20-8-9-29(2,27)28/h3-7,10H,8-9H2,1-2H3,(H,20,26)(H2,21,22,23). The number of aromatic nitrogens is 5. The summed E-state index contributed by atoms with van der Waals surface area (Å²) in [5.74, 6) is 0.0618. The summed E-state index contributed by atoms with van der Waals surface area (Å²) in [4.78, 5) is 16.7. The van der Waals surface area contributed by atoms with Gasteiger partial charge in [0.2, 0.25) is 0 Å². The Kier molecular flexibility index (Phi) is 4.66. The fourth-order valence-electron chi connectivity index (χ4n) is 3.01. The fraction of sp³-hybridized carbons (Fsp3) is 0.222. The second-order valence-electron chi connectivity index (χ2n) is 6.69. The lowest BCUT2D eigenvalue weighted by molar-refractivity contribution is 0.0952. The van der Waals surface area contributed by atoms with Crippen LogP contribution in [0.25, 0.3) is 21.9 Å². The van der Waals surface area contributed by atoms with Crippen LogP contribution < -0.4 is 10.6 Å². The van der Waals surface area contributed by atoms with E-state index in [0.717, 1.165) is 28.5 Å². The highest BCUT2D eigenvalue weighted by molar-refractivity contribution is 7.90. The Balaban J connectivity index is 1.59. The molecule has 3 heterocycles. The molecule has 1 aromatic carbocycles. The van der Waals surface area contributed by atoms with E-state index in [-0.39, 0.29) is 18.0 Å². The van der Waals surface area contributed by atoms with Crippen LogP contribution in [0.15, 0.2) is 36.5 Å². The molecule has 3 aromatic heterocycles. The highest BCUT2D eigenvalue weighted by atomic mass is 32.2. The van der Waals surface area contributed by atoms with Gasteiger partial charge in [0.15, 0.2) is 11.5 Å². The number of carbonyl (C=O) groups is 1. The molecule has 0 bridgehead atoms. The van der Waals surface area contributed by atoms with Gasteiger partial charge in [-0.15, -0.1) is 0 Å². The molecule has 0 aliphatic heterocycles. The second-order valence-corrected chi connectivity index (χ2v) is 8.95. The van der Waals surface area contributed by atoms with Gasteiger partial charge in [0.05, 0.1) is 16.8 Å². The van der Waals surface area contributed by atoms with Crippen LogP contribution in [-0.2, 0) is 16.9 Å². The highest BCUT2D eigenvalue weighted by Crippen LogP contribution is 2.26. The lowest BCUT2D eigenvalue weighted by atomic mass is 10.2. The highest BCUT2D eigenvalue weighted by Gasteiger charge is 2.17. The number of fused-ring (bicyclic) bond motifs is 2. The van der Waals surface area contributed by atoms with Gasteiger partial charge in [-0.25, -0.2) is 8.42 Å². The number of pyridine rings is 1. The maximum absolute atomic E-state index is 12.4. The molecule has 10 nitrogen and oxygen atoms in total. The normalized spacial score (nSPS) is 11.8. The molecule has 0 aliphatic carbocycles. The van der Waals surface area contributed by atoms with Crippen LogP contribution in [0.1, 0.15) is 10.5 Å². The van der Waals surface area contributed by atoms with Gasteiger partial charge in [0.25, 0.3) is 5.91 Å². The van der Waals surface area contributed by atoms with Crippen molar-refractivity contribution in [1.82, 2.24) is 30.3 Å². The van der Waals surface area contributed by atoms with Crippen molar-refractivity contribution in [3.05, 3.63) is 42.2 Å². The molecule has 150 valence electrons. The average molecular weight is 413 g/mol. The number of aromatic amines is 1. The maximum Gasteiger partial charge on any atom is 0.272 e. The summed E-state index contributed by atoms with van der Waals surface area (Å²) in [7, 11) is -1.41. The minimum Gasteiger partial charge on any atom is -0.350 e. The number of benzene rings is 1. The number of anilines is 2. The van der Waals surface area contributed by atoms with Crippen molar-refractivity contribution in [2.75, 3.05) is 23.9 Å². The third kappa shape index (κ3) is 3.90. The lowest BCUT2D eigenvalue weighted by Crippen LogP contribution is -2.29. The van der Waals surface area contributed by atoms with Gasteiger partial charge in [-0.3, -0.25) is 19.6 Å². The van der Waals surface area contributed by atoms with Crippen molar-refractivity contribution in [2.24, 2.45) is 7.05 Å². The first kappa shape index (κ1) is 18.9. The summed E-state index contributed by atoms with van der Waals surface area (Å²) in [6, 6.07) is 9.19. The molecule has 1 amide bonds. The van der Waals surface area contributed by atoms with E-state index in [1.807, 2.05) is 24.3 Å². The van der Waals surface area contributed by atoms with Gasteiger partial charge in [-0.1, -0.05) is 0 Å². The van der Waals surface area contributed by atoms with Crippen LogP contribution in [0.2, 0.25) is 0 Å². The largest absolute Gasteiger partial charge is 0.350 e. The number of amides is 1. The maximum atomic E-state index is 12.4. The Morgan fingerprint density at radius 3 is 2.90 bits per heavy atom. The summed E-state index contributed by atoms with van der Waals surface area (Å²) in [6.45, 7) is 0.0363. The first-order valence-electron chi connectivity index (χ1n) is 8.80. The zero-order valence-electron chi connectivity index (χ0n) is 15.8. The summed E-state index contributed by atoms with van der Waals surface area (Å²) < 4.78 is 24.1. The van der Waals surface area contributed by atoms with E-state index >= 15 is 0 Å². The number of hydrogen-bond donors (Lipinski definition) is 3. The van der Waals surface area contributed by atoms with Crippen molar-refractivity contribution in [3.8, 4) is 0 Å². The Bertz CT molecular complexity index is 1320. The van der Waals surface area contributed by atoms with E-state index in [1.54, 1.807) is 24.0 Å².